The Labute approximate surface area is 99.0 Å². The van der Waals surface area contributed by atoms with E-state index in [1.54, 1.807) is 6.92 Å². The van der Waals surface area contributed by atoms with Gasteiger partial charge in [0.2, 0.25) is 0 Å². The van der Waals surface area contributed by atoms with Gasteiger partial charge in [0, 0.05) is 11.8 Å². The quantitative estimate of drug-likeness (QED) is 0.445. The molecule has 0 aromatic carbocycles. The largest absolute Gasteiger partial charge is 0.511 e. The molecule has 4 heteroatoms. The van der Waals surface area contributed by atoms with Crippen molar-refractivity contribution in [2.45, 2.75) is 13.3 Å². The van der Waals surface area contributed by atoms with Gasteiger partial charge in [-0.25, -0.2) is 4.79 Å². The van der Waals surface area contributed by atoms with Gasteiger partial charge in [-0.3, -0.25) is 4.79 Å². The maximum absolute atomic E-state index is 12.2. The third kappa shape index (κ3) is 1.24. The van der Waals surface area contributed by atoms with Crippen molar-refractivity contribution in [3.05, 3.63) is 23.5 Å². The average molecular weight is 234 g/mol. The summed E-state index contributed by atoms with van der Waals surface area (Å²) in [6, 6.07) is 0. The van der Waals surface area contributed by atoms with E-state index in [4.69, 9.17) is 4.74 Å². The van der Waals surface area contributed by atoms with Crippen LogP contribution < -0.4 is 0 Å². The van der Waals surface area contributed by atoms with Crippen molar-refractivity contribution in [3.63, 3.8) is 0 Å². The predicted molar refractivity (Wildman–Crippen MR) is 59.0 cm³/mol. The zero-order chi connectivity index (χ0) is 12.2. The minimum atomic E-state index is -0.677. The second-order valence-corrected chi connectivity index (χ2v) is 4.84. The highest BCUT2D eigenvalue weighted by molar-refractivity contribution is 6.20. The molecule has 3 rings (SSSR count). The Balaban J connectivity index is 1.97. The van der Waals surface area contributed by atoms with Crippen LogP contribution in [0.3, 0.4) is 0 Å². The summed E-state index contributed by atoms with van der Waals surface area (Å²) >= 11 is 0. The molecule has 3 aliphatic carbocycles. The first-order valence-electron chi connectivity index (χ1n) is 5.98. The highest BCUT2D eigenvalue weighted by Gasteiger charge is 2.57. The highest BCUT2D eigenvalue weighted by Crippen LogP contribution is 2.55. The Kier molecular flexibility index (Phi) is 2.15. The Morgan fingerprint density at radius 2 is 2.06 bits per heavy atom. The molecule has 0 amide bonds. The standard InChI is InChI=1S/C13H14O4/c1-2-17-13(16)10-11(14)8-6-3-4-7(5-6)9(8)12(10)15/h3-4,6-9,14H,2,5H2,1H3. The normalized spacial score (nSPS) is 37.8. The fourth-order valence-corrected chi connectivity index (χ4v) is 3.42. The van der Waals surface area contributed by atoms with Crippen molar-refractivity contribution >= 4 is 11.8 Å². The van der Waals surface area contributed by atoms with Crippen LogP contribution in [0.2, 0.25) is 0 Å². The van der Waals surface area contributed by atoms with E-state index in [9.17, 15) is 14.7 Å². The van der Waals surface area contributed by atoms with E-state index in [0.717, 1.165) is 6.42 Å². The minimum Gasteiger partial charge on any atom is -0.511 e. The Hall–Kier alpha value is -1.58. The van der Waals surface area contributed by atoms with Gasteiger partial charge in [-0.05, 0) is 25.2 Å². The molecule has 1 fully saturated rings. The molecule has 4 nitrogen and oxygen atoms in total. The molecule has 90 valence electrons. The Morgan fingerprint density at radius 1 is 1.41 bits per heavy atom. The lowest BCUT2D eigenvalue weighted by atomic mass is 9.84. The van der Waals surface area contributed by atoms with Crippen LogP contribution in [0.4, 0.5) is 0 Å². The van der Waals surface area contributed by atoms with Crippen LogP contribution in [0.5, 0.6) is 0 Å². The van der Waals surface area contributed by atoms with E-state index in [0.29, 0.717) is 0 Å². The molecular weight excluding hydrogens is 220 g/mol. The van der Waals surface area contributed by atoms with Gasteiger partial charge in [0.1, 0.15) is 11.3 Å². The van der Waals surface area contributed by atoms with Crippen LogP contribution in [-0.4, -0.2) is 23.5 Å². The van der Waals surface area contributed by atoms with Crippen molar-refractivity contribution in [1.29, 1.82) is 0 Å². The molecule has 4 atom stereocenters. The maximum atomic E-state index is 12.2. The second-order valence-electron chi connectivity index (χ2n) is 4.84. The average Bonchev–Trinajstić information content (AvgIpc) is 2.93. The minimum absolute atomic E-state index is 0.0460. The zero-order valence-corrected chi connectivity index (χ0v) is 9.55. The molecule has 0 aliphatic heterocycles. The van der Waals surface area contributed by atoms with Crippen LogP contribution in [0.25, 0.3) is 0 Å². The van der Waals surface area contributed by atoms with E-state index >= 15 is 0 Å². The van der Waals surface area contributed by atoms with Crippen LogP contribution in [-0.2, 0) is 14.3 Å². The lowest BCUT2D eigenvalue weighted by Gasteiger charge is -2.18. The molecule has 0 saturated heterocycles. The van der Waals surface area contributed by atoms with E-state index in [2.05, 4.69) is 0 Å². The number of Topliss-reactive ketones (excluding diaryl/α,β-unsaturated/α-hetero) is 1. The number of ether oxygens (including phenoxy) is 1. The van der Waals surface area contributed by atoms with Crippen molar-refractivity contribution in [1.82, 2.24) is 0 Å². The molecule has 0 heterocycles. The first-order valence-corrected chi connectivity index (χ1v) is 5.98. The van der Waals surface area contributed by atoms with Gasteiger partial charge in [0.25, 0.3) is 0 Å². The predicted octanol–water partition coefficient (Wildman–Crippen LogP) is 1.38. The van der Waals surface area contributed by atoms with Crippen molar-refractivity contribution in [3.8, 4) is 0 Å². The first-order chi connectivity index (χ1) is 8.15. The number of ketones is 1. The van der Waals surface area contributed by atoms with Gasteiger partial charge < -0.3 is 9.84 Å². The topological polar surface area (TPSA) is 63.6 Å². The number of esters is 1. The number of carbonyl (C=O) groups excluding carboxylic acids is 2. The molecule has 0 aromatic heterocycles. The highest BCUT2D eigenvalue weighted by atomic mass is 16.5. The zero-order valence-electron chi connectivity index (χ0n) is 9.55. The number of aliphatic hydroxyl groups is 1. The summed E-state index contributed by atoms with van der Waals surface area (Å²) in [7, 11) is 0. The summed E-state index contributed by atoms with van der Waals surface area (Å²) in [5.74, 6) is -0.976. The fourth-order valence-electron chi connectivity index (χ4n) is 3.42. The third-order valence-corrected chi connectivity index (χ3v) is 4.06. The summed E-state index contributed by atoms with van der Waals surface area (Å²) in [6.45, 7) is 1.89. The number of carbonyl (C=O) groups is 2. The summed E-state index contributed by atoms with van der Waals surface area (Å²) in [5, 5.41) is 10.1. The van der Waals surface area contributed by atoms with Crippen molar-refractivity contribution < 1.29 is 19.4 Å². The lowest BCUT2D eigenvalue weighted by molar-refractivity contribution is -0.140. The van der Waals surface area contributed by atoms with E-state index in [-0.39, 0.29) is 47.4 Å². The van der Waals surface area contributed by atoms with Crippen LogP contribution in [0.15, 0.2) is 23.5 Å². The first kappa shape index (κ1) is 10.6. The van der Waals surface area contributed by atoms with Crippen LogP contribution in [0.1, 0.15) is 13.3 Å². The smallest absolute Gasteiger partial charge is 0.345 e. The number of allylic oxidation sites excluding steroid dienone is 3. The van der Waals surface area contributed by atoms with Crippen LogP contribution in [0, 0.1) is 23.7 Å². The lowest BCUT2D eigenvalue weighted by Crippen LogP contribution is -2.23. The summed E-state index contributed by atoms with van der Waals surface area (Å²) < 4.78 is 4.82. The molecule has 0 radical (unpaired) electrons. The van der Waals surface area contributed by atoms with Gasteiger partial charge in [-0.1, -0.05) is 12.2 Å². The Bertz CT molecular complexity index is 460. The molecular formula is C13H14O4. The van der Waals surface area contributed by atoms with Crippen molar-refractivity contribution in [2.24, 2.45) is 23.7 Å². The molecule has 3 aliphatic rings. The molecule has 4 unspecified atom stereocenters. The molecule has 1 saturated carbocycles. The second kappa shape index (κ2) is 3.45. The van der Waals surface area contributed by atoms with E-state index in [1.165, 1.54) is 0 Å². The number of hydrogen-bond acceptors (Lipinski definition) is 4. The number of rotatable bonds is 2. The van der Waals surface area contributed by atoms with Gasteiger partial charge in [0.05, 0.1) is 6.61 Å². The Morgan fingerprint density at radius 3 is 2.65 bits per heavy atom. The van der Waals surface area contributed by atoms with Crippen molar-refractivity contribution in [2.75, 3.05) is 6.61 Å². The van der Waals surface area contributed by atoms with Gasteiger partial charge >= 0.3 is 5.97 Å². The SMILES string of the molecule is CCOC(=O)C1=C(O)C2C3C=CC(C3)C2C1=O. The summed E-state index contributed by atoms with van der Waals surface area (Å²) in [5.41, 5.74) is -0.111. The van der Waals surface area contributed by atoms with Gasteiger partial charge in [-0.15, -0.1) is 0 Å². The molecule has 1 N–H and O–H groups in total. The van der Waals surface area contributed by atoms with E-state index < -0.39 is 5.97 Å². The number of fused-ring (bicyclic) bond motifs is 5. The number of hydrogen-bond donors (Lipinski definition) is 1. The number of aliphatic hydroxyl groups excluding tert-OH is 1. The van der Waals surface area contributed by atoms with Gasteiger partial charge in [0.15, 0.2) is 5.78 Å². The van der Waals surface area contributed by atoms with E-state index in [1.807, 2.05) is 12.2 Å². The maximum Gasteiger partial charge on any atom is 0.345 e. The summed E-state index contributed by atoms with van der Waals surface area (Å²) in [4.78, 5) is 23.8. The molecule has 2 bridgehead atoms. The third-order valence-electron chi connectivity index (χ3n) is 4.06. The molecule has 17 heavy (non-hydrogen) atoms. The fraction of sp³-hybridized carbons (Fsp3) is 0.538. The summed E-state index contributed by atoms with van der Waals surface area (Å²) in [6.07, 6.45) is 5.00. The van der Waals surface area contributed by atoms with Gasteiger partial charge in [-0.2, -0.15) is 0 Å². The van der Waals surface area contributed by atoms with Crippen LogP contribution >= 0.6 is 0 Å². The monoisotopic (exact) mass is 234 g/mol. The molecule has 0 spiro atoms. The molecule has 0 aromatic rings.